The number of anilines is 1. The third-order valence-electron chi connectivity index (χ3n) is 6.04. The van der Waals surface area contributed by atoms with Crippen LogP contribution < -0.4 is 4.72 Å². The van der Waals surface area contributed by atoms with Gasteiger partial charge in [-0.2, -0.15) is 0 Å². The zero-order valence-electron chi connectivity index (χ0n) is 20.0. The van der Waals surface area contributed by atoms with Gasteiger partial charge >= 0.3 is 11.9 Å². The lowest BCUT2D eigenvalue weighted by molar-refractivity contribution is 0.0472. The summed E-state index contributed by atoms with van der Waals surface area (Å²) in [6.45, 7) is 1.67. The van der Waals surface area contributed by atoms with Gasteiger partial charge in [0.25, 0.3) is 10.0 Å². The Labute approximate surface area is 216 Å². The van der Waals surface area contributed by atoms with Gasteiger partial charge in [-0.3, -0.25) is 4.72 Å². The molecule has 38 heavy (non-hydrogen) atoms. The van der Waals surface area contributed by atoms with Gasteiger partial charge in [0, 0.05) is 16.2 Å². The van der Waals surface area contributed by atoms with Gasteiger partial charge in [0.2, 0.25) is 0 Å². The number of rotatable bonds is 7. The fraction of sp³-hybridized carbons (Fsp3) is 0.0714. The first-order valence-corrected chi connectivity index (χ1v) is 12.9. The Morgan fingerprint density at radius 2 is 1.61 bits per heavy atom. The normalized spacial score (nSPS) is 11.5. The summed E-state index contributed by atoms with van der Waals surface area (Å²) < 4.78 is 40.4. The van der Waals surface area contributed by atoms with Gasteiger partial charge in [-0.1, -0.05) is 54.6 Å². The molecule has 0 aliphatic heterocycles. The second-order valence-electron chi connectivity index (χ2n) is 8.53. The van der Waals surface area contributed by atoms with Crippen molar-refractivity contribution in [2.75, 3.05) is 4.72 Å². The number of hydrogen-bond donors (Lipinski definition) is 3. The molecular formula is C28H21NO8S. The number of hydrogen-bond acceptors (Lipinski definition) is 7. The number of fused-ring (bicyclic) bond motifs is 3. The Kier molecular flexibility index (Phi) is 6.25. The van der Waals surface area contributed by atoms with Gasteiger partial charge < -0.3 is 19.4 Å². The maximum atomic E-state index is 13.3. The fourth-order valence-electron chi connectivity index (χ4n) is 4.23. The summed E-state index contributed by atoms with van der Waals surface area (Å²) in [6, 6.07) is 20.5. The predicted molar refractivity (Wildman–Crippen MR) is 140 cm³/mol. The van der Waals surface area contributed by atoms with Gasteiger partial charge in [-0.25, -0.2) is 18.0 Å². The Bertz CT molecular complexity index is 1820. The van der Waals surface area contributed by atoms with E-state index in [1.807, 2.05) is 30.3 Å². The van der Waals surface area contributed by atoms with Gasteiger partial charge in [0.15, 0.2) is 0 Å². The lowest BCUT2D eigenvalue weighted by atomic mass is 10.0. The van der Waals surface area contributed by atoms with Crippen LogP contribution in [0.2, 0.25) is 0 Å². The molecule has 0 spiro atoms. The minimum absolute atomic E-state index is 0.0472. The number of carbonyl (C=O) groups excluding carboxylic acids is 1. The lowest BCUT2D eigenvalue weighted by Crippen LogP contribution is -2.14. The van der Waals surface area contributed by atoms with Crippen molar-refractivity contribution in [3.63, 3.8) is 0 Å². The molecular weight excluding hydrogens is 510 g/mol. The molecule has 10 heteroatoms. The van der Waals surface area contributed by atoms with Crippen LogP contribution in [-0.4, -0.2) is 30.6 Å². The molecule has 5 rings (SSSR count). The van der Waals surface area contributed by atoms with Gasteiger partial charge in [0.1, 0.15) is 34.8 Å². The Morgan fingerprint density at radius 3 is 2.32 bits per heavy atom. The number of carboxylic acids is 1. The molecule has 0 saturated heterocycles. The highest BCUT2D eigenvalue weighted by atomic mass is 32.2. The van der Waals surface area contributed by atoms with Gasteiger partial charge in [0.05, 0.1) is 10.6 Å². The number of phenols is 1. The number of carboxylic acid groups (broad SMARTS) is 1. The molecule has 0 aliphatic rings. The number of ether oxygens (including phenoxy) is 1. The number of benzene rings is 4. The molecule has 4 aromatic carbocycles. The summed E-state index contributed by atoms with van der Waals surface area (Å²) in [5.74, 6) is -2.35. The van der Waals surface area contributed by atoms with E-state index < -0.39 is 33.3 Å². The van der Waals surface area contributed by atoms with E-state index in [4.69, 9.17) is 9.15 Å². The van der Waals surface area contributed by atoms with E-state index in [1.54, 1.807) is 31.2 Å². The Morgan fingerprint density at radius 1 is 0.921 bits per heavy atom. The van der Waals surface area contributed by atoms with Crippen molar-refractivity contribution < 1.29 is 37.4 Å². The van der Waals surface area contributed by atoms with Crippen LogP contribution in [0, 0.1) is 6.92 Å². The standard InChI is InChI=1S/C28H21NO8S/c1-16-25(28(33)36-15-17-7-3-2-4-8-17)22-14-23(19-9-5-6-10-20(19)26(22)37-16)29-38(34,35)18-11-12-24(30)21(13-18)27(31)32/h2-14,29-30H,15H2,1H3,(H,31,32). The number of aromatic carboxylic acids is 1. The zero-order valence-corrected chi connectivity index (χ0v) is 20.8. The summed E-state index contributed by atoms with van der Waals surface area (Å²) >= 11 is 0. The van der Waals surface area contributed by atoms with Gasteiger partial charge in [-0.15, -0.1) is 0 Å². The molecule has 0 bridgehead atoms. The van der Waals surface area contributed by atoms with Crippen LogP contribution in [0.25, 0.3) is 21.7 Å². The molecule has 0 aliphatic carbocycles. The average molecular weight is 532 g/mol. The van der Waals surface area contributed by atoms with Crippen molar-refractivity contribution >= 4 is 49.4 Å². The van der Waals surface area contributed by atoms with Crippen molar-refractivity contribution in [3.05, 3.63) is 101 Å². The highest BCUT2D eigenvalue weighted by Crippen LogP contribution is 2.38. The molecule has 1 aromatic heterocycles. The smallest absolute Gasteiger partial charge is 0.342 e. The molecule has 0 saturated carbocycles. The maximum Gasteiger partial charge on any atom is 0.342 e. The molecule has 5 aromatic rings. The minimum atomic E-state index is -4.29. The number of carbonyl (C=O) groups is 2. The second kappa shape index (κ2) is 9.56. The quantitative estimate of drug-likeness (QED) is 0.235. The average Bonchev–Trinajstić information content (AvgIpc) is 3.23. The molecule has 0 atom stereocenters. The summed E-state index contributed by atoms with van der Waals surface area (Å²) in [5.41, 5.74) is 0.961. The molecule has 0 fully saturated rings. The molecule has 0 radical (unpaired) electrons. The topological polar surface area (TPSA) is 143 Å². The van der Waals surface area contributed by atoms with Crippen LogP contribution in [0.1, 0.15) is 32.0 Å². The van der Waals surface area contributed by atoms with Crippen LogP contribution in [0.4, 0.5) is 5.69 Å². The first-order chi connectivity index (χ1) is 18.2. The number of sulfonamides is 1. The van der Waals surface area contributed by atoms with Crippen molar-refractivity contribution in [1.29, 1.82) is 0 Å². The van der Waals surface area contributed by atoms with Crippen molar-refractivity contribution in [2.24, 2.45) is 0 Å². The van der Waals surface area contributed by atoms with Gasteiger partial charge in [-0.05, 0) is 36.8 Å². The minimum Gasteiger partial charge on any atom is -0.507 e. The van der Waals surface area contributed by atoms with Crippen LogP contribution in [0.3, 0.4) is 0 Å². The molecule has 1 heterocycles. The van der Waals surface area contributed by atoms with Crippen LogP contribution in [0.15, 0.2) is 88.2 Å². The summed E-state index contributed by atoms with van der Waals surface area (Å²) in [5, 5.41) is 20.5. The van der Waals surface area contributed by atoms with Crippen molar-refractivity contribution in [3.8, 4) is 5.75 Å². The number of aryl methyl sites for hydroxylation is 1. The summed E-state index contributed by atoms with van der Waals surface area (Å²) in [6.07, 6.45) is 0. The molecule has 3 N–H and O–H groups in total. The van der Waals surface area contributed by atoms with E-state index in [9.17, 15) is 28.2 Å². The van der Waals surface area contributed by atoms with Crippen LogP contribution in [-0.2, 0) is 21.4 Å². The van der Waals surface area contributed by atoms with E-state index in [2.05, 4.69) is 4.72 Å². The van der Waals surface area contributed by atoms with Crippen LogP contribution in [0.5, 0.6) is 5.75 Å². The number of nitrogens with one attached hydrogen (secondary N) is 1. The van der Waals surface area contributed by atoms with Crippen LogP contribution >= 0.6 is 0 Å². The summed E-state index contributed by atoms with van der Waals surface area (Å²) in [4.78, 5) is 24.1. The number of esters is 1. The first kappa shape index (κ1) is 24.8. The second-order valence-corrected chi connectivity index (χ2v) is 10.2. The Hall–Kier alpha value is -4.83. The first-order valence-electron chi connectivity index (χ1n) is 11.4. The maximum absolute atomic E-state index is 13.3. The zero-order chi connectivity index (χ0) is 27.0. The fourth-order valence-corrected chi connectivity index (χ4v) is 5.33. The molecule has 9 nitrogen and oxygen atoms in total. The highest BCUT2D eigenvalue weighted by molar-refractivity contribution is 7.92. The SMILES string of the molecule is Cc1oc2c(cc(NS(=O)(=O)c3ccc(O)c(C(=O)O)c3)c3ccccc32)c1C(=O)OCc1ccccc1. The Balaban J connectivity index is 1.59. The molecule has 0 amide bonds. The van der Waals surface area contributed by atoms with E-state index in [0.29, 0.717) is 27.5 Å². The van der Waals surface area contributed by atoms with Crippen molar-refractivity contribution in [2.45, 2.75) is 18.4 Å². The monoisotopic (exact) mass is 531 g/mol. The number of furan rings is 1. The molecule has 0 unspecified atom stereocenters. The van der Waals surface area contributed by atoms with Crippen molar-refractivity contribution in [1.82, 2.24) is 0 Å². The lowest BCUT2D eigenvalue weighted by Gasteiger charge is -2.13. The van der Waals surface area contributed by atoms with E-state index in [0.717, 1.165) is 23.8 Å². The van der Waals surface area contributed by atoms with E-state index in [-0.39, 0.29) is 22.8 Å². The summed E-state index contributed by atoms with van der Waals surface area (Å²) in [7, 11) is -4.29. The predicted octanol–water partition coefficient (Wildman–Crippen LogP) is 5.46. The largest absolute Gasteiger partial charge is 0.507 e. The highest BCUT2D eigenvalue weighted by Gasteiger charge is 2.25. The molecule has 192 valence electrons. The number of aromatic hydroxyl groups is 1. The third-order valence-corrected chi connectivity index (χ3v) is 7.40. The van der Waals surface area contributed by atoms with E-state index >= 15 is 0 Å². The van der Waals surface area contributed by atoms with E-state index in [1.165, 1.54) is 6.07 Å². The third kappa shape index (κ3) is 4.53.